The molecule has 2 aromatic carbocycles. The van der Waals surface area contributed by atoms with Crippen LogP contribution in [0.15, 0.2) is 54.6 Å². The molecule has 26 heavy (non-hydrogen) atoms. The van der Waals surface area contributed by atoms with Gasteiger partial charge in [0.25, 0.3) is 5.91 Å². The zero-order valence-corrected chi connectivity index (χ0v) is 14.3. The molecule has 1 amide bonds. The molecule has 0 fully saturated rings. The Hall–Kier alpha value is -3.21. The molecule has 0 atom stereocenters. The molecule has 2 N–H and O–H groups in total. The van der Waals surface area contributed by atoms with E-state index in [4.69, 9.17) is 0 Å². The third-order valence-electron chi connectivity index (χ3n) is 4.50. The molecule has 0 saturated heterocycles. The predicted octanol–water partition coefficient (Wildman–Crippen LogP) is 4.14. The summed E-state index contributed by atoms with van der Waals surface area (Å²) >= 11 is 0. The molecule has 130 valence electrons. The van der Waals surface area contributed by atoms with Crippen molar-refractivity contribution < 1.29 is 9.18 Å². The standard InChI is InChI=1S/C21H18FN3O/c1-13-20-17(16-7-2-3-8-18(16)25-20)12-19(24-13)21(26)23-10-9-14-5-4-6-15(22)11-14/h2-8,11-12,25H,9-10H2,1H3,(H,23,26). The molecule has 4 aromatic rings. The number of nitrogens with zero attached hydrogens (tertiary/aromatic N) is 1. The molecule has 0 aliphatic rings. The van der Waals surface area contributed by atoms with Gasteiger partial charge >= 0.3 is 0 Å². The van der Waals surface area contributed by atoms with Crippen LogP contribution in [0.1, 0.15) is 21.7 Å². The highest BCUT2D eigenvalue weighted by molar-refractivity contribution is 6.10. The molecule has 0 aliphatic heterocycles. The third kappa shape index (κ3) is 3.04. The van der Waals surface area contributed by atoms with E-state index in [9.17, 15) is 9.18 Å². The van der Waals surface area contributed by atoms with E-state index in [1.54, 1.807) is 6.07 Å². The molecule has 4 nitrogen and oxygen atoms in total. The summed E-state index contributed by atoms with van der Waals surface area (Å²) in [7, 11) is 0. The number of aryl methyl sites for hydroxylation is 1. The van der Waals surface area contributed by atoms with E-state index in [0.29, 0.717) is 18.7 Å². The number of rotatable bonds is 4. The number of para-hydroxylation sites is 1. The van der Waals surface area contributed by atoms with Crippen molar-refractivity contribution in [2.24, 2.45) is 0 Å². The van der Waals surface area contributed by atoms with E-state index >= 15 is 0 Å². The van der Waals surface area contributed by atoms with Crippen LogP contribution < -0.4 is 5.32 Å². The molecule has 0 aliphatic carbocycles. The smallest absolute Gasteiger partial charge is 0.269 e. The first-order valence-corrected chi connectivity index (χ1v) is 8.52. The number of fused-ring (bicyclic) bond motifs is 3. The Kier molecular flexibility index (Phi) is 4.13. The van der Waals surface area contributed by atoms with Crippen LogP contribution in [0.25, 0.3) is 21.8 Å². The maximum atomic E-state index is 13.2. The molecule has 2 aromatic heterocycles. The number of benzene rings is 2. The number of halogens is 1. The van der Waals surface area contributed by atoms with Gasteiger partial charge in [-0.05, 0) is 43.2 Å². The molecule has 0 bridgehead atoms. The zero-order valence-electron chi connectivity index (χ0n) is 14.3. The summed E-state index contributed by atoms with van der Waals surface area (Å²) < 4.78 is 13.2. The van der Waals surface area contributed by atoms with Crippen LogP contribution in [0.3, 0.4) is 0 Å². The number of aromatic amines is 1. The predicted molar refractivity (Wildman–Crippen MR) is 101 cm³/mol. The fourth-order valence-corrected chi connectivity index (χ4v) is 3.22. The van der Waals surface area contributed by atoms with Crippen LogP contribution in [0.2, 0.25) is 0 Å². The minimum Gasteiger partial charge on any atom is -0.353 e. The van der Waals surface area contributed by atoms with Crippen LogP contribution in [0.4, 0.5) is 4.39 Å². The van der Waals surface area contributed by atoms with Crippen molar-refractivity contribution in [1.82, 2.24) is 15.3 Å². The van der Waals surface area contributed by atoms with Crippen molar-refractivity contribution >= 4 is 27.7 Å². The van der Waals surface area contributed by atoms with E-state index in [1.807, 2.05) is 43.3 Å². The lowest BCUT2D eigenvalue weighted by atomic mass is 10.1. The number of amides is 1. The van der Waals surface area contributed by atoms with E-state index in [0.717, 1.165) is 33.1 Å². The number of pyridine rings is 1. The van der Waals surface area contributed by atoms with Crippen LogP contribution in [0.5, 0.6) is 0 Å². The minimum absolute atomic E-state index is 0.225. The number of aromatic nitrogens is 2. The second-order valence-corrected chi connectivity index (χ2v) is 6.32. The van der Waals surface area contributed by atoms with Crippen LogP contribution in [0, 0.1) is 12.7 Å². The zero-order chi connectivity index (χ0) is 18.1. The molecule has 2 heterocycles. The maximum Gasteiger partial charge on any atom is 0.269 e. The topological polar surface area (TPSA) is 57.8 Å². The van der Waals surface area contributed by atoms with Crippen LogP contribution in [-0.2, 0) is 6.42 Å². The summed E-state index contributed by atoms with van der Waals surface area (Å²) in [4.78, 5) is 20.3. The molecular formula is C21H18FN3O. The lowest BCUT2D eigenvalue weighted by Crippen LogP contribution is -2.26. The van der Waals surface area contributed by atoms with Gasteiger partial charge in [0.15, 0.2) is 0 Å². The van der Waals surface area contributed by atoms with Crippen molar-refractivity contribution in [1.29, 1.82) is 0 Å². The second-order valence-electron chi connectivity index (χ2n) is 6.32. The molecule has 0 unspecified atom stereocenters. The van der Waals surface area contributed by atoms with Gasteiger partial charge in [-0.3, -0.25) is 4.79 Å². The second kappa shape index (κ2) is 6.59. The molecule has 5 heteroatoms. The Morgan fingerprint density at radius 2 is 1.96 bits per heavy atom. The summed E-state index contributed by atoms with van der Waals surface area (Å²) in [6, 6.07) is 16.2. The number of nitrogens with one attached hydrogen (secondary N) is 2. The fourth-order valence-electron chi connectivity index (χ4n) is 3.22. The van der Waals surface area contributed by atoms with Crippen molar-refractivity contribution in [3.8, 4) is 0 Å². The first-order chi connectivity index (χ1) is 12.6. The van der Waals surface area contributed by atoms with Gasteiger partial charge in [-0.25, -0.2) is 9.37 Å². The van der Waals surface area contributed by atoms with Gasteiger partial charge in [0.2, 0.25) is 0 Å². The number of carbonyl (C=O) groups excluding carboxylic acids is 1. The van der Waals surface area contributed by atoms with Crippen molar-refractivity contribution in [2.75, 3.05) is 6.54 Å². The van der Waals surface area contributed by atoms with Gasteiger partial charge in [-0.2, -0.15) is 0 Å². The lowest BCUT2D eigenvalue weighted by molar-refractivity contribution is 0.0949. The average Bonchev–Trinajstić information content (AvgIpc) is 3.01. The van der Waals surface area contributed by atoms with Gasteiger partial charge in [-0.1, -0.05) is 30.3 Å². The van der Waals surface area contributed by atoms with E-state index in [-0.39, 0.29) is 11.7 Å². The normalized spacial score (nSPS) is 11.2. The molecule has 0 spiro atoms. The summed E-state index contributed by atoms with van der Waals surface area (Å²) in [5.41, 5.74) is 3.99. The largest absolute Gasteiger partial charge is 0.353 e. The van der Waals surface area contributed by atoms with Crippen molar-refractivity contribution in [3.05, 3.63) is 77.4 Å². The maximum absolute atomic E-state index is 13.2. The first kappa shape index (κ1) is 16.3. The first-order valence-electron chi connectivity index (χ1n) is 8.52. The monoisotopic (exact) mass is 347 g/mol. The highest BCUT2D eigenvalue weighted by Gasteiger charge is 2.13. The Morgan fingerprint density at radius 1 is 1.12 bits per heavy atom. The Balaban J connectivity index is 1.55. The fraction of sp³-hybridized carbons (Fsp3) is 0.143. The minimum atomic E-state index is -0.268. The van der Waals surface area contributed by atoms with E-state index in [1.165, 1.54) is 12.1 Å². The number of carbonyl (C=O) groups is 1. The average molecular weight is 347 g/mol. The summed E-state index contributed by atoms with van der Waals surface area (Å²) in [6.07, 6.45) is 0.567. The Labute approximate surface area is 150 Å². The van der Waals surface area contributed by atoms with Crippen LogP contribution >= 0.6 is 0 Å². The van der Waals surface area contributed by atoms with Gasteiger partial charge in [-0.15, -0.1) is 0 Å². The molecular weight excluding hydrogens is 329 g/mol. The Bertz CT molecular complexity index is 1120. The molecule has 4 rings (SSSR count). The number of hydrogen-bond acceptors (Lipinski definition) is 2. The summed E-state index contributed by atoms with van der Waals surface area (Å²) in [6.45, 7) is 2.32. The SMILES string of the molecule is Cc1nc(C(=O)NCCc2cccc(F)c2)cc2c1[nH]c1ccccc12. The molecule has 0 saturated carbocycles. The van der Waals surface area contributed by atoms with Gasteiger partial charge in [0.1, 0.15) is 11.5 Å². The summed E-state index contributed by atoms with van der Waals surface area (Å²) in [5.74, 6) is -0.493. The molecule has 0 radical (unpaired) electrons. The highest BCUT2D eigenvalue weighted by atomic mass is 19.1. The third-order valence-corrected chi connectivity index (χ3v) is 4.50. The van der Waals surface area contributed by atoms with Crippen molar-refractivity contribution in [2.45, 2.75) is 13.3 Å². The van der Waals surface area contributed by atoms with Gasteiger partial charge in [0.05, 0.1) is 11.2 Å². The number of H-pyrrole nitrogens is 1. The highest BCUT2D eigenvalue weighted by Crippen LogP contribution is 2.27. The van der Waals surface area contributed by atoms with Gasteiger partial charge < -0.3 is 10.3 Å². The summed E-state index contributed by atoms with van der Waals surface area (Å²) in [5, 5.41) is 4.93. The Morgan fingerprint density at radius 3 is 2.81 bits per heavy atom. The quantitative estimate of drug-likeness (QED) is 0.583. The van der Waals surface area contributed by atoms with Crippen molar-refractivity contribution in [3.63, 3.8) is 0 Å². The van der Waals surface area contributed by atoms with Gasteiger partial charge in [0, 0.05) is 22.8 Å². The van der Waals surface area contributed by atoms with E-state index < -0.39 is 0 Å². The van der Waals surface area contributed by atoms with E-state index in [2.05, 4.69) is 15.3 Å². The van der Waals surface area contributed by atoms with Crippen LogP contribution in [-0.4, -0.2) is 22.4 Å². The lowest BCUT2D eigenvalue weighted by Gasteiger charge is -2.07. The number of hydrogen-bond donors (Lipinski definition) is 2.